The first kappa shape index (κ1) is 16.2. The summed E-state index contributed by atoms with van der Waals surface area (Å²) in [6.45, 7) is 4.11. The second kappa shape index (κ2) is 7.73. The first-order chi connectivity index (χ1) is 10.1. The van der Waals surface area contributed by atoms with Crippen molar-refractivity contribution in [3.8, 4) is 5.75 Å². The van der Waals surface area contributed by atoms with E-state index in [1.54, 1.807) is 13.1 Å². The molecule has 1 heterocycles. The van der Waals surface area contributed by atoms with Gasteiger partial charge in [0.25, 0.3) is 0 Å². The standard InChI is InChI=1S/C16H27N3O2/c1-12-16(21)15(13(11-20)9-18-12)10-17-7-8-19(2)14-5-3-4-6-14/h9,14,17,20-21H,3-8,10-11H2,1-2H3. The molecular formula is C16H27N3O2. The summed E-state index contributed by atoms with van der Waals surface area (Å²) in [7, 11) is 2.19. The van der Waals surface area contributed by atoms with Crippen molar-refractivity contribution in [2.45, 2.75) is 51.8 Å². The van der Waals surface area contributed by atoms with Gasteiger partial charge in [-0.2, -0.15) is 0 Å². The Hall–Kier alpha value is -1.17. The van der Waals surface area contributed by atoms with E-state index in [4.69, 9.17) is 0 Å². The highest BCUT2D eigenvalue weighted by Gasteiger charge is 2.18. The Balaban J connectivity index is 1.81. The Bertz CT molecular complexity index is 459. The van der Waals surface area contributed by atoms with Gasteiger partial charge < -0.3 is 20.4 Å². The zero-order chi connectivity index (χ0) is 15.2. The smallest absolute Gasteiger partial charge is 0.141 e. The number of hydrogen-bond acceptors (Lipinski definition) is 5. The van der Waals surface area contributed by atoms with Gasteiger partial charge >= 0.3 is 0 Å². The van der Waals surface area contributed by atoms with E-state index in [0.717, 1.165) is 24.7 Å². The molecule has 5 nitrogen and oxygen atoms in total. The molecule has 0 spiro atoms. The molecule has 118 valence electrons. The van der Waals surface area contributed by atoms with Crippen LogP contribution in [0.25, 0.3) is 0 Å². The maximum absolute atomic E-state index is 10.1. The van der Waals surface area contributed by atoms with Gasteiger partial charge in [0.1, 0.15) is 5.75 Å². The largest absolute Gasteiger partial charge is 0.506 e. The third-order valence-electron chi connectivity index (χ3n) is 4.49. The minimum atomic E-state index is -0.0974. The van der Waals surface area contributed by atoms with Crippen molar-refractivity contribution in [1.82, 2.24) is 15.2 Å². The summed E-state index contributed by atoms with van der Waals surface area (Å²) in [5, 5.41) is 22.8. The zero-order valence-electron chi connectivity index (χ0n) is 13.1. The maximum Gasteiger partial charge on any atom is 0.141 e. The lowest BCUT2D eigenvalue weighted by atomic mass is 10.1. The molecule has 0 bridgehead atoms. The first-order valence-electron chi connectivity index (χ1n) is 7.81. The molecular weight excluding hydrogens is 266 g/mol. The lowest BCUT2D eigenvalue weighted by Gasteiger charge is -2.24. The van der Waals surface area contributed by atoms with Crippen LogP contribution in [0.4, 0.5) is 0 Å². The number of aromatic hydroxyl groups is 1. The van der Waals surface area contributed by atoms with Crippen molar-refractivity contribution in [3.05, 3.63) is 23.0 Å². The van der Waals surface area contributed by atoms with Gasteiger partial charge in [-0.25, -0.2) is 0 Å². The van der Waals surface area contributed by atoms with Gasteiger partial charge in [-0.1, -0.05) is 12.8 Å². The van der Waals surface area contributed by atoms with Crippen LogP contribution < -0.4 is 5.32 Å². The van der Waals surface area contributed by atoms with Gasteiger partial charge in [-0.15, -0.1) is 0 Å². The Kier molecular flexibility index (Phi) is 5.96. The number of aliphatic hydroxyl groups excluding tert-OH is 1. The van der Waals surface area contributed by atoms with Crippen LogP contribution in [-0.2, 0) is 13.2 Å². The predicted molar refractivity (Wildman–Crippen MR) is 83.2 cm³/mol. The number of aryl methyl sites for hydroxylation is 1. The van der Waals surface area contributed by atoms with Crippen molar-refractivity contribution in [2.75, 3.05) is 20.1 Å². The van der Waals surface area contributed by atoms with Gasteiger partial charge in [0.05, 0.1) is 12.3 Å². The topological polar surface area (TPSA) is 68.6 Å². The second-order valence-electron chi connectivity index (χ2n) is 5.95. The number of aromatic nitrogens is 1. The van der Waals surface area contributed by atoms with Crippen LogP contribution in [-0.4, -0.2) is 46.3 Å². The number of nitrogens with zero attached hydrogens (tertiary/aromatic N) is 2. The molecule has 1 saturated carbocycles. The van der Waals surface area contributed by atoms with Crippen LogP contribution in [0.5, 0.6) is 5.75 Å². The molecule has 3 N–H and O–H groups in total. The quantitative estimate of drug-likeness (QED) is 0.666. The second-order valence-corrected chi connectivity index (χ2v) is 5.95. The summed E-state index contributed by atoms with van der Waals surface area (Å²) >= 11 is 0. The molecule has 5 heteroatoms. The molecule has 0 radical (unpaired) electrons. The number of hydrogen-bond donors (Lipinski definition) is 3. The lowest BCUT2D eigenvalue weighted by Crippen LogP contribution is -2.35. The van der Waals surface area contributed by atoms with Gasteiger partial charge in [0.15, 0.2) is 0 Å². The molecule has 1 aromatic rings. The average Bonchev–Trinajstić information content (AvgIpc) is 3.02. The number of rotatable bonds is 7. The van der Waals surface area contributed by atoms with E-state index >= 15 is 0 Å². The van der Waals surface area contributed by atoms with Gasteiger partial charge in [-0.05, 0) is 26.8 Å². The van der Waals surface area contributed by atoms with Crippen molar-refractivity contribution < 1.29 is 10.2 Å². The van der Waals surface area contributed by atoms with Crippen LogP contribution >= 0.6 is 0 Å². The number of aliphatic hydroxyl groups is 1. The van der Waals surface area contributed by atoms with Crippen LogP contribution in [0.2, 0.25) is 0 Å². The predicted octanol–water partition coefficient (Wildman–Crippen LogP) is 1.55. The summed E-state index contributed by atoms with van der Waals surface area (Å²) < 4.78 is 0. The third-order valence-corrected chi connectivity index (χ3v) is 4.49. The Morgan fingerprint density at radius 3 is 2.76 bits per heavy atom. The van der Waals surface area contributed by atoms with Gasteiger partial charge in [0.2, 0.25) is 0 Å². The average molecular weight is 293 g/mol. The Labute approximate surface area is 127 Å². The number of likely N-dealkylation sites (N-methyl/N-ethyl adjacent to an activating group) is 1. The van der Waals surface area contributed by atoms with E-state index in [1.807, 2.05) is 0 Å². The molecule has 0 aliphatic heterocycles. The molecule has 1 aromatic heterocycles. The molecule has 2 rings (SSSR count). The van der Waals surface area contributed by atoms with Gasteiger partial charge in [-0.3, -0.25) is 4.98 Å². The van der Waals surface area contributed by atoms with Crippen LogP contribution in [0.15, 0.2) is 6.20 Å². The number of pyridine rings is 1. The van der Waals surface area contributed by atoms with E-state index in [1.165, 1.54) is 25.7 Å². The fourth-order valence-electron chi connectivity index (χ4n) is 3.01. The molecule has 1 aliphatic carbocycles. The first-order valence-corrected chi connectivity index (χ1v) is 7.81. The molecule has 0 unspecified atom stereocenters. The fourth-order valence-corrected chi connectivity index (χ4v) is 3.01. The van der Waals surface area contributed by atoms with E-state index < -0.39 is 0 Å². The molecule has 1 fully saturated rings. The summed E-state index contributed by atoms with van der Waals surface area (Å²) in [6.07, 6.45) is 6.97. The SMILES string of the molecule is Cc1ncc(CO)c(CNCCN(C)C2CCCC2)c1O. The van der Waals surface area contributed by atoms with Crippen LogP contribution in [0.1, 0.15) is 42.5 Å². The van der Waals surface area contributed by atoms with Crippen LogP contribution in [0, 0.1) is 6.92 Å². The van der Waals surface area contributed by atoms with E-state index in [-0.39, 0.29) is 12.4 Å². The summed E-state index contributed by atoms with van der Waals surface area (Å²) in [4.78, 5) is 6.49. The van der Waals surface area contributed by atoms with Crippen molar-refractivity contribution in [1.29, 1.82) is 0 Å². The van der Waals surface area contributed by atoms with Crippen molar-refractivity contribution in [2.24, 2.45) is 0 Å². The highest BCUT2D eigenvalue weighted by molar-refractivity contribution is 5.40. The van der Waals surface area contributed by atoms with E-state index in [2.05, 4.69) is 22.2 Å². The molecule has 21 heavy (non-hydrogen) atoms. The van der Waals surface area contributed by atoms with Gasteiger partial charge in [0, 0.05) is 43.0 Å². The Morgan fingerprint density at radius 1 is 1.38 bits per heavy atom. The molecule has 0 saturated heterocycles. The zero-order valence-corrected chi connectivity index (χ0v) is 13.1. The van der Waals surface area contributed by atoms with E-state index in [0.29, 0.717) is 17.8 Å². The minimum Gasteiger partial charge on any atom is -0.506 e. The van der Waals surface area contributed by atoms with Crippen LogP contribution in [0.3, 0.4) is 0 Å². The van der Waals surface area contributed by atoms with Crippen molar-refractivity contribution >= 4 is 0 Å². The summed E-state index contributed by atoms with van der Waals surface area (Å²) in [5.41, 5.74) is 2.05. The monoisotopic (exact) mass is 293 g/mol. The summed E-state index contributed by atoms with van der Waals surface area (Å²) in [6, 6.07) is 0.733. The highest BCUT2D eigenvalue weighted by atomic mass is 16.3. The molecule has 0 atom stereocenters. The minimum absolute atomic E-state index is 0.0974. The molecule has 1 aliphatic rings. The fraction of sp³-hybridized carbons (Fsp3) is 0.688. The molecule has 0 amide bonds. The maximum atomic E-state index is 10.1. The summed E-state index contributed by atoms with van der Waals surface area (Å²) in [5.74, 6) is 0.193. The number of nitrogens with one attached hydrogen (secondary N) is 1. The third kappa shape index (κ3) is 4.15. The van der Waals surface area contributed by atoms with Crippen molar-refractivity contribution in [3.63, 3.8) is 0 Å². The lowest BCUT2D eigenvalue weighted by molar-refractivity contribution is 0.245. The highest BCUT2D eigenvalue weighted by Crippen LogP contribution is 2.24. The normalized spacial score (nSPS) is 16.0. The molecule has 0 aromatic carbocycles. The van der Waals surface area contributed by atoms with E-state index in [9.17, 15) is 10.2 Å². The Morgan fingerprint density at radius 2 is 2.10 bits per heavy atom.